The van der Waals surface area contributed by atoms with Crippen molar-refractivity contribution in [3.63, 3.8) is 0 Å². The van der Waals surface area contributed by atoms with Crippen molar-refractivity contribution in [3.8, 4) is 0 Å². The molecule has 1 aromatic rings. The molecule has 2 atom stereocenters. The van der Waals surface area contributed by atoms with Crippen LogP contribution in [-0.2, 0) is 21.2 Å². The van der Waals surface area contributed by atoms with Gasteiger partial charge in [0.15, 0.2) is 9.84 Å². The van der Waals surface area contributed by atoms with Crippen LogP contribution in [-0.4, -0.2) is 49.9 Å². The molecule has 1 saturated heterocycles. The van der Waals surface area contributed by atoms with E-state index in [0.29, 0.717) is 23.0 Å². The predicted molar refractivity (Wildman–Crippen MR) is 92.6 cm³/mol. The van der Waals surface area contributed by atoms with E-state index in [4.69, 9.17) is 23.2 Å². The maximum atomic E-state index is 12.3. The number of sulfone groups is 1. The number of hydrogen-bond acceptors (Lipinski definition) is 4. The van der Waals surface area contributed by atoms with Crippen molar-refractivity contribution in [1.82, 2.24) is 10.2 Å². The number of likely N-dealkylation sites (N-methyl/N-ethyl adjacent to an activating group) is 1. The SMILES string of the molecule is C[C@@H](C(=O)N[C@@H]1CCS(=O)(=O)C1)N(C)Cc1cccc(Cl)c1Cl. The van der Waals surface area contributed by atoms with E-state index in [0.717, 1.165) is 5.56 Å². The number of amides is 1. The molecule has 1 aromatic carbocycles. The zero-order valence-electron chi connectivity index (χ0n) is 13.1. The lowest BCUT2D eigenvalue weighted by Gasteiger charge is -2.25. The van der Waals surface area contributed by atoms with E-state index < -0.39 is 15.9 Å². The van der Waals surface area contributed by atoms with Gasteiger partial charge in [0, 0.05) is 12.6 Å². The highest BCUT2D eigenvalue weighted by atomic mass is 35.5. The van der Waals surface area contributed by atoms with Gasteiger partial charge in [0.25, 0.3) is 0 Å². The Labute approximate surface area is 146 Å². The van der Waals surface area contributed by atoms with Crippen LogP contribution in [0.4, 0.5) is 0 Å². The third kappa shape index (κ3) is 4.83. The van der Waals surface area contributed by atoms with Gasteiger partial charge in [-0.1, -0.05) is 35.3 Å². The molecule has 0 unspecified atom stereocenters. The number of hydrogen-bond donors (Lipinski definition) is 1. The van der Waals surface area contributed by atoms with Crippen molar-refractivity contribution in [1.29, 1.82) is 0 Å². The van der Waals surface area contributed by atoms with Gasteiger partial charge in [-0.25, -0.2) is 8.42 Å². The Hall–Kier alpha value is -0.820. The highest BCUT2D eigenvalue weighted by Crippen LogP contribution is 2.26. The van der Waals surface area contributed by atoms with Crippen molar-refractivity contribution in [2.24, 2.45) is 0 Å². The quantitative estimate of drug-likeness (QED) is 0.851. The molecule has 1 fully saturated rings. The molecule has 5 nitrogen and oxygen atoms in total. The second-order valence-corrected chi connectivity index (χ2v) is 8.93. The largest absolute Gasteiger partial charge is 0.351 e. The molecule has 1 N–H and O–H groups in total. The second kappa shape index (κ2) is 7.38. The van der Waals surface area contributed by atoms with Gasteiger partial charge in [0.05, 0.1) is 27.6 Å². The second-order valence-electron chi connectivity index (χ2n) is 5.91. The third-order valence-corrected chi connectivity index (χ3v) is 6.70. The first-order valence-electron chi connectivity index (χ1n) is 7.33. The normalized spacial score (nSPS) is 21.3. The van der Waals surface area contributed by atoms with E-state index in [9.17, 15) is 13.2 Å². The minimum atomic E-state index is -3.01. The first-order valence-corrected chi connectivity index (χ1v) is 9.91. The summed E-state index contributed by atoms with van der Waals surface area (Å²) in [6.45, 7) is 2.24. The van der Waals surface area contributed by atoms with Crippen LogP contribution in [0.15, 0.2) is 18.2 Å². The van der Waals surface area contributed by atoms with Gasteiger partial charge in [-0.3, -0.25) is 9.69 Å². The Bertz CT molecular complexity index is 694. The van der Waals surface area contributed by atoms with Gasteiger partial charge in [-0.2, -0.15) is 0 Å². The fourth-order valence-corrected chi connectivity index (χ4v) is 4.56. The first-order chi connectivity index (χ1) is 10.7. The maximum Gasteiger partial charge on any atom is 0.237 e. The molecule has 2 rings (SSSR count). The van der Waals surface area contributed by atoms with E-state index in [2.05, 4.69) is 5.32 Å². The van der Waals surface area contributed by atoms with Crippen LogP contribution in [0.1, 0.15) is 18.9 Å². The summed E-state index contributed by atoms with van der Waals surface area (Å²) in [5, 5.41) is 3.77. The Balaban J connectivity index is 1.95. The fraction of sp³-hybridized carbons (Fsp3) is 0.533. The number of nitrogens with zero attached hydrogens (tertiary/aromatic N) is 1. The lowest BCUT2D eigenvalue weighted by molar-refractivity contribution is -0.126. The van der Waals surface area contributed by atoms with Gasteiger partial charge < -0.3 is 5.32 Å². The molecule has 1 amide bonds. The predicted octanol–water partition coefficient (Wildman–Crippen LogP) is 2.12. The first kappa shape index (κ1) is 18.5. The smallest absolute Gasteiger partial charge is 0.237 e. The van der Waals surface area contributed by atoms with Crippen LogP contribution < -0.4 is 5.32 Å². The van der Waals surface area contributed by atoms with Crippen molar-refractivity contribution in [2.75, 3.05) is 18.6 Å². The lowest BCUT2D eigenvalue weighted by atomic mass is 10.1. The number of benzene rings is 1. The highest BCUT2D eigenvalue weighted by Gasteiger charge is 2.30. The summed E-state index contributed by atoms with van der Waals surface area (Å²) in [6, 6.07) is 4.68. The number of nitrogens with one attached hydrogen (secondary N) is 1. The molecular formula is C15H20Cl2N2O3S. The van der Waals surface area contributed by atoms with Gasteiger partial charge in [-0.05, 0) is 32.0 Å². The standard InChI is InChI=1S/C15H20Cl2N2O3S/c1-10(15(20)18-12-6-7-23(21,22)9-12)19(2)8-11-4-3-5-13(16)14(11)17/h3-5,10,12H,6-9H2,1-2H3,(H,18,20)/t10-,12+/m0/s1. The average molecular weight is 379 g/mol. The molecule has 0 aliphatic carbocycles. The summed E-state index contributed by atoms with van der Waals surface area (Å²) in [5.74, 6) is -0.0250. The molecule has 0 aromatic heterocycles. The number of carbonyl (C=O) groups excluding carboxylic acids is 1. The molecule has 0 radical (unpaired) electrons. The summed E-state index contributed by atoms with van der Waals surface area (Å²) in [6.07, 6.45) is 0.477. The molecule has 8 heteroatoms. The van der Waals surface area contributed by atoms with E-state index in [1.165, 1.54) is 0 Å². The van der Waals surface area contributed by atoms with Crippen LogP contribution in [0.5, 0.6) is 0 Å². The molecule has 0 saturated carbocycles. The third-order valence-electron chi connectivity index (χ3n) is 4.07. The van der Waals surface area contributed by atoms with Gasteiger partial charge in [0.2, 0.25) is 5.91 Å². The van der Waals surface area contributed by atoms with Crippen molar-refractivity contribution >= 4 is 38.9 Å². The maximum absolute atomic E-state index is 12.3. The highest BCUT2D eigenvalue weighted by molar-refractivity contribution is 7.91. The van der Waals surface area contributed by atoms with E-state index in [1.807, 2.05) is 24.1 Å². The van der Waals surface area contributed by atoms with Crippen LogP contribution in [0.3, 0.4) is 0 Å². The van der Waals surface area contributed by atoms with Crippen LogP contribution in [0, 0.1) is 0 Å². The molecule has 1 aliphatic rings. The fourth-order valence-electron chi connectivity index (χ4n) is 2.51. The minimum absolute atomic E-state index is 0.0231. The van der Waals surface area contributed by atoms with E-state index in [1.54, 1.807) is 13.0 Å². The summed E-state index contributed by atoms with van der Waals surface area (Å²) >= 11 is 12.2. The Kier molecular flexibility index (Phi) is 5.94. The minimum Gasteiger partial charge on any atom is -0.351 e. The number of halogens is 2. The molecule has 1 heterocycles. The van der Waals surface area contributed by atoms with Crippen LogP contribution in [0.25, 0.3) is 0 Å². The molecule has 128 valence electrons. The topological polar surface area (TPSA) is 66.5 Å². The zero-order chi connectivity index (χ0) is 17.2. The van der Waals surface area contributed by atoms with E-state index >= 15 is 0 Å². The summed E-state index contributed by atoms with van der Waals surface area (Å²) in [7, 11) is -1.19. The van der Waals surface area contributed by atoms with Gasteiger partial charge in [0.1, 0.15) is 0 Å². The van der Waals surface area contributed by atoms with Crippen molar-refractivity contribution in [2.45, 2.75) is 32.0 Å². The van der Waals surface area contributed by atoms with Crippen molar-refractivity contribution < 1.29 is 13.2 Å². The molecule has 0 bridgehead atoms. The summed E-state index contributed by atoms with van der Waals surface area (Å²) < 4.78 is 22.9. The zero-order valence-corrected chi connectivity index (χ0v) is 15.4. The number of rotatable bonds is 5. The molecular weight excluding hydrogens is 359 g/mol. The van der Waals surface area contributed by atoms with E-state index in [-0.39, 0.29) is 23.5 Å². The molecule has 23 heavy (non-hydrogen) atoms. The van der Waals surface area contributed by atoms with Gasteiger partial charge in [-0.15, -0.1) is 0 Å². The summed E-state index contributed by atoms with van der Waals surface area (Å²) in [4.78, 5) is 14.1. The average Bonchev–Trinajstić information content (AvgIpc) is 2.81. The number of carbonyl (C=O) groups is 1. The van der Waals surface area contributed by atoms with Crippen molar-refractivity contribution in [3.05, 3.63) is 33.8 Å². The molecule has 0 spiro atoms. The van der Waals surface area contributed by atoms with Crippen LogP contribution >= 0.6 is 23.2 Å². The summed E-state index contributed by atoms with van der Waals surface area (Å²) in [5.41, 5.74) is 0.838. The van der Waals surface area contributed by atoms with Gasteiger partial charge >= 0.3 is 0 Å². The van der Waals surface area contributed by atoms with Crippen LogP contribution in [0.2, 0.25) is 10.0 Å². The monoisotopic (exact) mass is 378 g/mol. The molecule has 1 aliphatic heterocycles. The Morgan fingerprint density at radius 3 is 2.74 bits per heavy atom. The Morgan fingerprint density at radius 1 is 1.43 bits per heavy atom. The Morgan fingerprint density at radius 2 is 2.13 bits per heavy atom. The lowest BCUT2D eigenvalue weighted by Crippen LogP contribution is -2.47.